The molecule has 0 spiro atoms. The highest BCUT2D eigenvalue weighted by molar-refractivity contribution is 5.94. The Kier molecular flexibility index (Phi) is 5.75. The third-order valence-electron chi connectivity index (χ3n) is 4.35. The van der Waals surface area contributed by atoms with Gasteiger partial charge in [-0.3, -0.25) is 10.1 Å². The molecule has 1 aliphatic heterocycles. The lowest BCUT2D eigenvalue weighted by atomic mass is 10.2. The number of hydrogen-bond acceptors (Lipinski definition) is 5. The Bertz CT molecular complexity index is 722. The first-order valence-corrected chi connectivity index (χ1v) is 8.58. The second-order valence-electron chi connectivity index (χ2n) is 6.24. The Balaban J connectivity index is 1.37. The molecule has 138 valence electrons. The SMILES string of the molecule is O=C(C[NH+]1CCN(c2ccc(O)cc2)CC1)NC(=O)NCc1ccco1. The minimum Gasteiger partial charge on any atom is -0.508 e. The van der Waals surface area contributed by atoms with Crippen LogP contribution in [0.25, 0.3) is 0 Å². The zero-order valence-corrected chi connectivity index (χ0v) is 14.4. The topological polar surface area (TPSA) is 99.3 Å². The summed E-state index contributed by atoms with van der Waals surface area (Å²) in [6, 6.07) is 10.1. The van der Waals surface area contributed by atoms with Gasteiger partial charge in [-0.25, -0.2) is 4.79 Å². The van der Waals surface area contributed by atoms with Gasteiger partial charge in [0.15, 0.2) is 6.54 Å². The second-order valence-corrected chi connectivity index (χ2v) is 6.24. The third-order valence-corrected chi connectivity index (χ3v) is 4.35. The summed E-state index contributed by atoms with van der Waals surface area (Å²) >= 11 is 0. The predicted molar refractivity (Wildman–Crippen MR) is 95.0 cm³/mol. The van der Waals surface area contributed by atoms with Gasteiger partial charge < -0.3 is 24.6 Å². The monoisotopic (exact) mass is 359 g/mol. The highest BCUT2D eigenvalue weighted by Gasteiger charge is 2.23. The fourth-order valence-electron chi connectivity index (χ4n) is 2.94. The fraction of sp³-hybridized carbons (Fsp3) is 0.333. The number of quaternary nitrogens is 1. The van der Waals surface area contributed by atoms with Crippen LogP contribution in [0.2, 0.25) is 0 Å². The van der Waals surface area contributed by atoms with Crippen molar-refractivity contribution in [2.45, 2.75) is 6.54 Å². The number of benzene rings is 1. The second kappa shape index (κ2) is 8.39. The first-order chi connectivity index (χ1) is 12.6. The molecule has 1 saturated heterocycles. The zero-order chi connectivity index (χ0) is 18.4. The van der Waals surface area contributed by atoms with E-state index in [1.807, 2.05) is 12.1 Å². The van der Waals surface area contributed by atoms with Crippen LogP contribution >= 0.6 is 0 Å². The van der Waals surface area contributed by atoms with E-state index in [2.05, 4.69) is 15.5 Å². The van der Waals surface area contributed by atoms with Crippen LogP contribution in [0.5, 0.6) is 5.75 Å². The van der Waals surface area contributed by atoms with Gasteiger partial charge in [0.25, 0.3) is 5.91 Å². The number of phenolic OH excluding ortho intramolecular Hbond substituents is 1. The lowest BCUT2D eigenvalue weighted by molar-refractivity contribution is -0.892. The fourth-order valence-corrected chi connectivity index (χ4v) is 2.94. The molecule has 3 rings (SSSR count). The van der Waals surface area contributed by atoms with Gasteiger partial charge in [0.1, 0.15) is 11.5 Å². The molecule has 8 nitrogen and oxygen atoms in total. The molecule has 0 aliphatic carbocycles. The van der Waals surface area contributed by atoms with Crippen molar-refractivity contribution in [3.8, 4) is 5.75 Å². The average Bonchev–Trinajstić information content (AvgIpc) is 3.15. The Morgan fingerprint density at radius 1 is 1.15 bits per heavy atom. The van der Waals surface area contributed by atoms with Gasteiger partial charge in [0.05, 0.1) is 39.0 Å². The minimum absolute atomic E-state index is 0.240. The van der Waals surface area contributed by atoms with Crippen molar-refractivity contribution in [1.82, 2.24) is 10.6 Å². The van der Waals surface area contributed by atoms with E-state index in [4.69, 9.17) is 4.42 Å². The number of furan rings is 1. The number of anilines is 1. The van der Waals surface area contributed by atoms with Crippen molar-refractivity contribution in [3.63, 3.8) is 0 Å². The summed E-state index contributed by atoms with van der Waals surface area (Å²) < 4.78 is 5.11. The summed E-state index contributed by atoms with van der Waals surface area (Å²) in [5.41, 5.74) is 1.06. The predicted octanol–water partition coefficient (Wildman–Crippen LogP) is -0.284. The van der Waals surface area contributed by atoms with Gasteiger partial charge >= 0.3 is 6.03 Å². The van der Waals surface area contributed by atoms with Crippen LogP contribution in [0, 0.1) is 0 Å². The van der Waals surface area contributed by atoms with Gasteiger partial charge in [0.2, 0.25) is 0 Å². The van der Waals surface area contributed by atoms with E-state index in [1.165, 1.54) is 6.26 Å². The van der Waals surface area contributed by atoms with E-state index >= 15 is 0 Å². The minimum atomic E-state index is -0.520. The van der Waals surface area contributed by atoms with E-state index < -0.39 is 6.03 Å². The van der Waals surface area contributed by atoms with Crippen LogP contribution < -0.4 is 20.4 Å². The van der Waals surface area contributed by atoms with Crippen molar-refractivity contribution >= 4 is 17.6 Å². The Labute approximate surface area is 151 Å². The molecule has 1 aliphatic rings. The lowest BCUT2D eigenvalue weighted by Crippen LogP contribution is -3.16. The molecule has 4 N–H and O–H groups in total. The van der Waals surface area contributed by atoms with Crippen molar-refractivity contribution < 1.29 is 24.0 Å². The van der Waals surface area contributed by atoms with Gasteiger partial charge in [-0.05, 0) is 36.4 Å². The largest absolute Gasteiger partial charge is 0.508 e. The van der Waals surface area contributed by atoms with Crippen LogP contribution in [0.1, 0.15) is 5.76 Å². The molecule has 26 heavy (non-hydrogen) atoms. The summed E-state index contributed by atoms with van der Waals surface area (Å²) in [6.45, 7) is 3.75. The molecule has 0 unspecified atom stereocenters. The smallest absolute Gasteiger partial charge is 0.321 e. The lowest BCUT2D eigenvalue weighted by Gasteiger charge is -2.33. The highest BCUT2D eigenvalue weighted by atomic mass is 16.3. The Morgan fingerprint density at radius 3 is 2.54 bits per heavy atom. The molecular weight excluding hydrogens is 336 g/mol. The highest BCUT2D eigenvalue weighted by Crippen LogP contribution is 2.17. The van der Waals surface area contributed by atoms with Crippen molar-refractivity contribution in [2.75, 3.05) is 37.6 Å². The van der Waals surface area contributed by atoms with E-state index in [0.717, 1.165) is 36.8 Å². The maximum atomic E-state index is 12.0. The molecule has 0 atom stereocenters. The molecule has 2 heterocycles. The number of nitrogens with zero attached hydrogens (tertiary/aromatic N) is 1. The number of aromatic hydroxyl groups is 1. The number of hydrogen-bond donors (Lipinski definition) is 4. The van der Waals surface area contributed by atoms with Gasteiger partial charge in [-0.2, -0.15) is 0 Å². The third kappa shape index (κ3) is 5.00. The van der Waals surface area contributed by atoms with Crippen LogP contribution in [0.3, 0.4) is 0 Å². The van der Waals surface area contributed by atoms with Crippen molar-refractivity contribution in [1.29, 1.82) is 0 Å². The van der Waals surface area contributed by atoms with Crippen LogP contribution in [0.4, 0.5) is 10.5 Å². The Morgan fingerprint density at radius 2 is 1.88 bits per heavy atom. The number of amides is 3. The number of carbonyl (C=O) groups is 2. The summed E-state index contributed by atoms with van der Waals surface area (Å²) in [6.07, 6.45) is 1.53. The van der Waals surface area contributed by atoms with Crippen molar-refractivity contribution in [2.24, 2.45) is 0 Å². The number of nitrogens with one attached hydrogen (secondary N) is 3. The standard InChI is InChI=1S/C18H22N4O4/c23-15-5-3-14(4-6-15)22-9-7-21(8-10-22)13-17(24)20-18(25)19-12-16-2-1-11-26-16/h1-6,11,23H,7-10,12-13H2,(H2,19,20,24,25)/p+1. The van der Waals surface area contributed by atoms with Gasteiger partial charge in [-0.15, -0.1) is 0 Å². The van der Waals surface area contributed by atoms with Crippen LogP contribution in [-0.4, -0.2) is 49.8 Å². The summed E-state index contributed by atoms with van der Waals surface area (Å²) in [7, 11) is 0. The van der Waals surface area contributed by atoms with Crippen molar-refractivity contribution in [3.05, 3.63) is 48.4 Å². The normalized spacial score (nSPS) is 14.8. The molecule has 0 saturated carbocycles. The summed E-state index contributed by atoms with van der Waals surface area (Å²) in [4.78, 5) is 27.1. The van der Waals surface area contributed by atoms with Gasteiger partial charge in [0, 0.05) is 5.69 Å². The maximum Gasteiger partial charge on any atom is 0.321 e. The van der Waals surface area contributed by atoms with Crippen LogP contribution in [-0.2, 0) is 11.3 Å². The molecule has 1 fully saturated rings. The Hall–Kier alpha value is -3.00. The maximum absolute atomic E-state index is 12.0. The molecule has 3 amide bonds. The molecular formula is C18H23N4O4+. The molecule has 1 aromatic carbocycles. The molecule has 1 aromatic heterocycles. The average molecular weight is 359 g/mol. The summed E-state index contributed by atoms with van der Waals surface area (Å²) in [5, 5.41) is 14.3. The number of urea groups is 1. The van der Waals surface area contributed by atoms with E-state index in [9.17, 15) is 14.7 Å². The molecule has 2 aromatic rings. The number of piperazine rings is 1. The van der Waals surface area contributed by atoms with Crippen LogP contribution in [0.15, 0.2) is 47.1 Å². The molecule has 8 heteroatoms. The number of phenols is 1. The zero-order valence-electron chi connectivity index (χ0n) is 14.4. The van der Waals surface area contributed by atoms with E-state index in [0.29, 0.717) is 5.76 Å². The molecule has 0 bridgehead atoms. The first-order valence-electron chi connectivity index (χ1n) is 8.58. The summed E-state index contributed by atoms with van der Waals surface area (Å²) in [5.74, 6) is 0.582. The number of rotatable bonds is 5. The van der Waals surface area contributed by atoms with E-state index in [-0.39, 0.29) is 24.7 Å². The first kappa shape index (κ1) is 17.8. The van der Waals surface area contributed by atoms with Gasteiger partial charge in [-0.1, -0.05) is 0 Å². The number of carbonyl (C=O) groups excluding carboxylic acids is 2. The number of imide groups is 1. The molecule has 0 radical (unpaired) electrons. The van der Waals surface area contributed by atoms with E-state index in [1.54, 1.807) is 24.3 Å². The quantitative estimate of drug-likeness (QED) is 0.588.